The number of nitrogens with zero attached hydrogens (tertiary/aromatic N) is 3. The van der Waals surface area contributed by atoms with Gasteiger partial charge in [-0.15, -0.1) is 0 Å². The first kappa shape index (κ1) is 19.3. The quantitative estimate of drug-likeness (QED) is 0.853. The summed E-state index contributed by atoms with van der Waals surface area (Å²) in [5.41, 5.74) is 1.95. The van der Waals surface area contributed by atoms with Crippen molar-refractivity contribution in [2.45, 2.75) is 46.6 Å². The molecule has 7 nitrogen and oxygen atoms in total. The van der Waals surface area contributed by atoms with Gasteiger partial charge in [-0.1, -0.05) is 13.8 Å². The van der Waals surface area contributed by atoms with Crippen molar-refractivity contribution in [2.24, 2.45) is 18.9 Å². The first-order chi connectivity index (χ1) is 11.8. The summed E-state index contributed by atoms with van der Waals surface area (Å²) in [5.74, 6) is 0.270. The molecule has 0 bridgehead atoms. The Morgan fingerprint density at radius 3 is 2.68 bits per heavy atom. The van der Waals surface area contributed by atoms with Gasteiger partial charge in [-0.25, -0.2) is 4.79 Å². The van der Waals surface area contributed by atoms with Crippen LogP contribution in [0.25, 0.3) is 0 Å². The van der Waals surface area contributed by atoms with Gasteiger partial charge in [0.05, 0.1) is 17.7 Å². The first-order valence-corrected chi connectivity index (χ1v) is 9.11. The summed E-state index contributed by atoms with van der Waals surface area (Å²) in [6.07, 6.45) is 3.61. The van der Waals surface area contributed by atoms with E-state index in [1.54, 1.807) is 9.58 Å². The highest BCUT2D eigenvalue weighted by Crippen LogP contribution is 2.20. The summed E-state index contributed by atoms with van der Waals surface area (Å²) >= 11 is 0. The maximum atomic E-state index is 12.6. The molecule has 3 amide bonds. The molecule has 0 aromatic carbocycles. The SMILES string of the molecule is Cc1nn(C)cc1[C@@H](C)NC(=O)[C@H]1CCCN(C(=O)NCC(C)C)C1. The Balaban J connectivity index is 1.90. The van der Waals surface area contributed by atoms with Crippen LogP contribution in [0.4, 0.5) is 4.79 Å². The lowest BCUT2D eigenvalue weighted by molar-refractivity contribution is -0.126. The predicted molar refractivity (Wildman–Crippen MR) is 97.0 cm³/mol. The summed E-state index contributed by atoms with van der Waals surface area (Å²) in [5, 5.41) is 10.3. The van der Waals surface area contributed by atoms with E-state index in [-0.39, 0.29) is 23.9 Å². The second-order valence-electron chi connectivity index (χ2n) is 7.44. The zero-order chi connectivity index (χ0) is 18.6. The number of rotatable bonds is 5. The highest BCUT2D eigenvalue weighted by Gasteiger charge is 2.29. The molecule has 2 heterocycles. The number of carbonyl (C=O) groups excluding carboxylic acids is 2. The second-order valence-corrected chi connectivity index (χ2v) is 7.44. The van der Waals surface area contributed by atoms with Gasteiger partial charge < -0.3 is 15.5 Å². The Bertz CT molecular complexity index is 611. The third-order valence-corrected chi connectivity index (χ3v) is 4.62. The predicted octanol–water partition coefficient (Wildman–Crippen LogP) is 1.98. The van der Waals surface area contributed by atoms with Crippen molar-refractivity contribution in [3.63, 3.8) is 0 Å². The zero-order valence-electron chi connectivity index (χ0n) is 16.0. The van der Waals surface area contributed by atoms with Gasteiger partial charge in [0.1, 0.15) is 0 Å². The van der Waals surface area contributed by atoms with Gasteiger partial charge in [0.2, 0.25) is 5.91 Å². The van der Waals surface area contributed by atoms with Crippen molar-refractivity contribution in [1.82, 2.24) is 25.3 Å². The van der Waals surface area contributed by atoms with Crippen molar-refractivity contribution >= 4 is 11.9 Å². The van der Waals surface area contributed by atoms with Gasteiger partial charge in [-0.2, -0.15) is 5.10 Å². The van der Waals surface area contributed by atoms with Crippen LogP contribution in [0.2, 0.25) is 0 Å². The van der Waals surface area contributed by atoms with Crippen LogP contribution in [0.1, 0.15) is 50.9 Å². The maximum absolute atomic E-state index is 12.6. The number of urea groups is 1. The molecule has 2 atom stereocenters. The minimum Gasteiger partial charge on any atom is -0.349 e. The van der Waals surface area contributed by atoms with E-state index in [1.807, 2.05) is 27.1 Å². The number of nitrogens with one attached hydrogen (secondary N) is 2. The molecule has 0 spiro atoms. The molecule has 1 fully saturated rings. The Hall–Kier alpha value is -2.05. The molecule has 0 aliphatic carbocycles. The Morgan fingerprint density at radius 2 is 2.08 bits per heavy atom. The highest BCUT2D eigenvalue weighted by molar-refractivity contribution is 5.81. The normalized spacial score (nSPS) is 19.0. The molecule has 1 aliphatic rings. The molecule has 2 rings (SSSR count). The maximum Gasteiger partial charge on any atom is 0.317 e. The lowest BCUT2D eigenvalue weighted by Crippen LogP contribution is -2.49. The highest BCUT2D eigenvalue weighted by atomic mass is 16.2. The minimum absolute atomic E-state index is 0.0112. The van der Waals surface area contributed by atoms with Crippen molar-refractivity contribution in [2.75, 3.05) is 19.6 Å². The Labute approximate surface area is 150 Å². The van der Waals surface area contributed by atoms with Crippen LogP contribution >= 0.6 is 0 Å². The summed E-state index contributed by atoms with van der Waals surface area (Å²) in [6.45, 7) is 9.89. The molecule has 1 saturated heterocycles. The van der Waals surface area contributed by atoms with Gasteiger partial charge in [0, 0.05) is 38.4 Å². The van der Waals surface area contributed by atoms with Crippen LogP contribution in [-0.4, -0.2) is 46.3 Å². The van der Waals surface area contributed by atoms with Crippen molar-refractivity contribution in [3.05, 3.63) is 17.5 Å². The molecule has 140 valence electrons. The van der Waals surface area contributed by atoms with Crippen molar-refractivity contribution in [1.29, 1.82) is 0 Å². The minimum atomic E-state index is -0.155. The standard InChI is InChI=1S/C18H31N5O2/c1-12(2)9-19-18(25)23-8-6-7-15(10-23)17(24)20-13(3)16-11-22(5)21-14(16)4/h11-13,15H,6-10H2,1-5H3,(H,19,25)(H,20,24)/t13-,15+/m1/s1. The van der Waals surface area contributed by atoms with Gasteiger partial charge in [0.15, 0.2) is 0 Å². The molecule has 0 radical (unpaired) electrons. The van der Waals surface area contributed by atoms with E-state index in [4.69, 9.17) is 0 Å². The van der Waals surface area contributed by atoms with E-state index in [2.05, 4.69) is 29.6 Å². The average molecular weight is 349 g/mol. The molecule has 0 saturated carbocycles. The fourth-order valence-corrected chi connectivity index (χ4v) is 3.23. The smallest absolute Gasteiger partial charge is 0.317 e. The summed E-state index contributed by atoms with van der Waals surface area (Å²) in [4.78, 5) is 26.6. The first-order valence-electron chi connectivity index (χ1n) is 9.11. The van der Waals surface area contributed by atoms with Crippen molar-refractivity contribution < 1.29 is 9.59 Å². The number of hydrogen-bond donors (Lipinski definition) is 2. The second kappa shape index (κ2) is 8.36. The third-order valence-electron chi connectivity index (χ3n) is 4.62. The number of carbonyl (C=O) groups is 2. The molecule has 25 heavy (non-hydrogen) atoms. The molecule has 1 aromatic heterocycles. The van der Waals surface area contributed by atoms with E-state index < -0.39 is 0 Å². The molecule has 1 aromatic rings. The molecular weight excluding hydrogens is 318 g/mol. The van der Waals surface area contributed by atoms with Gasteiger partial charge in [0.25, 0.3) is 0 Å². The average Bonchev–Trinajstić information content (AvgIpc) is 2.91. The van der Waals surface area contributed by atoms with Crippen LogP contribution in [0.3, 0.4) is 0 Å². The molecule has 7 heteroatoms. The van der Waals surface area contributed by atoms with Gasteiger partial charge in [-0.05, 0) is 32.6 Å². The fourth-order valence-electron chi connectivity index (χ4n) is 3.23. The van der Waals surface area contributed by atoms with Crippen LogP contribution < -0.4 is 10.6 Å². The van der Waals surface area contributed by atoms with Crippen LogP contribution in [0.15, 0.2) is 6.20 Å². The number of likely N-dealkylation sites (tertiary alicyclic amines) is 1. The zero-order valence-corrected chi connectivity index (χ0v) is 16.0. The van der Waals surface area contributed by atoms with E-state index >= 15 is 0 Å². The lowest BCUT2D eigenvalue weighted by Gasteiger charge is -2.32. The lowest BCUT2D eigenvalue weighted by atomic mass is 9.96. The topological polar surface area (TPSA) is 79.3 Å². The monoisotopic (exact) mass is 349 g/mol. The summed E-state index contributed by atoms with van der Waals surface area (Å²) in [6, 6.07) is -0.159. The van der Waals surface area contributed by atoms with Gasteiger partial charge in [-0.3, -0.25) is 9.48 Å². The molecule has 1 aliphatic heterocycles. The largest absolute Gasteiger partial charge is 0.349 e. The van der Waals surface area contributed by atoms with Crippen LogP contribution in [0.5, 0.6) is 0 Å². The van der Waals surface area contributed by atoms with E-state index in [0.29, 0.717) is 25.6 Å². The Kier molecular flexibility index (Phi) is 6.45. The van der Waals surface area contributed by atoms with Crippen LogP contribution in [0, 0.1) is 18.8 Å². The van der Waals surface area contributed by atoms with Gasteiger partial charge >= 0.3 is 6.03 Å². The molecule has 0 unspecified atom stereocenters. The number of aromatic nitrogens is 2. The Morgan fingerprint density at radius 1 is 1.36 bits per heavy atom. The van der Waals surface area contributed by atoms with E-state index in [9.17, 15) is 9.59 Å². The molecular formula is C18H31N5O2. The summed E-state index contributed by atoms with van der Waals surface area (Å²) < 4.78 is 1.76. The molecule has 2 N–H and O–H groups in total. The third kappa shape index (κ3) is 5.21. The number of piperidine rings is 1. The number of hydrogen-bond acceptors (Lipinski definition) is 3. The fraction of sp³-hybridized carbons (Fsp3) is 0.722. The van der Waals surface area contributed by atoms with E-state index in [1.165, 1.54) is 0 Å². The number of aryl methyl sites for hydroxylation is 2. The summed E-state index contributed by atoms with van der Waals surface area (Å²) in [7, 11) is 1.87. The van der Waals surface area contributed by atoms with Crippen molar-refractivity contribution in [3.8, 4) is 0 Å². The number of amides is 3. The van der Waals surface area contributed by atoms with Crippen LogP contribution in [-0.2, 0) is 11.8 Å². The van der Waals surface area contributed by atoms with E-state index in [0.717, 1.165) is 24.1 Å².